The highest BCUT2D eigenvalue weighted by molar-refractivity contribution is 7.91. The highest BCUT2D eigenvalue weighted by Crippen LogP contribution is 2.29. The van der Waals surface area contributed by atoms with Crippen LogP contribution < -0.4 is 9.80 Å². The number of hydrogen-bond acceptors (Lipinski definition) is 8. The predicted molar refractivity (Wildman–Crippen MR) is 123 cm³/mol. The lowest BCUT2D eigenvalue weighted by Crippen LogP contribution is -2.43. The summed E-state index contributed by atoms with van der Waals surface area (Å²) >= 11 is 0. The zero-order valence-corrected chi connectivity index (χ0v) is 21.0. The van der Waals surface area contributed by atoms with Crippen molar-refractivity contribution in [2.45, 2.75) is 64.7 Å². The summed E-state index contributed by atoms with van der Waals surface area (Å²) < 4.78 is 80.5. The fourth-order valence-corrected chi connectivity index (χ4v) is 4.88. The molecule has 1 atom stereocenters. The average molecular weight is 524 g/mol. The van der Waals surface area contributed by atoms with Gasteiger partial charge < -0.3 is 19.1 Å². The van der Waals surface area contributed by atoms with Gasteiger partial charge in [0.2, 0.25) is 0 Å². The van der Waals surface area contributed by atoms with E-state index >= 15 is 0 Å². The molecular formula is C22H32F3N3O6S. The van der Waals surface area contributed by atoms with Gasteiger partial charge >= 0.3 is 12.3 Å². The van der Waals surface area contributed by atoms with E-state index in [1.54, 1.807) is 31.7 Å². The van der Waals surface area contributed by atoms with Gasteiger partial charge in [0.1, 0.15) is 18.0 Å². The molecule has 2 fully saturated rings. The quantitative estimate of drug-likeness (QED) is 0.557. The highest BCUT2D eigenvalue weighted by atomic mass is 32.2. The van der Waals surface area contributed by atoms with Gasteiger partial charge in [0, 0.05) is 31.5 Å². The van der Waals surface area contributed by atoms with Gasteiger partial charge in [-0.3, -0.25) is 4.90 Å². The summed E-state index contributed by atoms with van der Waals surface area (Å²) in [4.78, 5) is 19.2. The highest BCUT2D eigenvalue weighted by Gasteiger charge is 2.37. The summed E-state index contributed by atoms with van der Waals surface area (Å²) in [5.41, 5.74) is -0.288. The SMILES string of the molecule is CC(C)(C)OC(=O)N(CC(F)(F)F)c1cc(N2CCS(=O)(=O)CC2)cc(COC2CCCCO2)n1. The molecule has 13 heteroatoms. The second-order valence-electron chi connectivity index (χ2n) is 9.60. The van der Waals surface area contributed by atoms with Crippen molar-refractivity contribution in [3.05, 3.63) is 17.8 Å². The van der Waals surface area contributed by atoms with E-state index in [-0.39, 0.29) is 42.7 Å². The Balaban J connectivity index is 1.94. The van der Waals surface area contributed by atoms with Crippen molar-refractivity contribution in [2.24, 2.45) is 0 Å². The van der Waals surface area contributed by atoms with E-state index in [0.29, 0.717) is 23.6 Å². The van der Waals surface area contributed by atoms with Crippen molar-refractivity contribution in [3.63, 3.8) is 0 Å². The van der Waals surface area contributed by atoms with E-state index in [4.69, 9.17) is 14.2 Å². The first kappa shape index (κ1) is 27.5. The van der Waals surface area contributed by atoms with E-state index in [9.17, 15) is 26.4 Å². The van der Waals surface area contributed by atoms with Crippen molar-refractivity contribution in [2.75, 3.05) is 47.5 Å². The topological polar surface area (TPSA) is 98.3 Å². The predicted octanol–water partition coefficient (Wildman–Crippen LogP) is 3.66. The molecule has 9 nitrogen and oxygen atoms in total. The van der Waals surface area contributed by atoms with Gasteiger partial charge in [-0.1, -0.05) is 0 Å². The maximum Gasteiger partial charge on any atom is 0.416 e. The van der Waals surface area contributed by atoms with Crippen LogP contribution in [0.4, 0.5) is 29.5 Å². The van der Waals surface area contributed by atoms with Crippen LogP contribution in [0.5, 0.6) is 0 Å². The molecule has 2 aliphatic rings. The van der Waals surface area contributed by atoms with Gasteiger partial charge in [-0.2, -0.15) is 13.2 Å². The zero-order valence-electron chi connectivity index (χ0n) is 20.1. The number of pyridine rings is 1. The molecule has 1 amide bonds. The number of carbonyl (C=O) groups excluding carboxylic acids is 1. The molecule has 0 aromatic carbocycles. The maximum absolute atomic E-state index is 13.4. The second-order valence-corrected chi connectivity index (χ2v) is 11.9. The van der Waals surface area contributed by atoms with Crippen LogP contribution in [0.25, 0.3) is 0 Å². The van der Waals surface area contributed by atoms with E-state index in [1.807, 2.05) is 0 Å². The first-order valence-corrected chi connectivity index (χ1v) is 13.3. The van der Waals surface area contributed by atoms with Crippen molar-refractivity contribution in [3.8, 4) is 0 Å². The van der Waals surface area contributed by atoms with Crippen molar-refractivity contribution in [1.82, 2.24) is 4.98 Å². The van der Waals surface area contributed by atoms with Crippen LogP contribution in [-0.4, -0.2) is 75.3 Å². The fraction of sp³-hybridized carbons (Fsp3) is 0.727. The number of anilines is 2. The molecule has 3 rings (SSSR count). The summed E-state index contributed by atoms with van der Waals surface area (Å²) in [6.45, 7) is 3.91. The monoisotopic (exact) mass is 523 g/mol. The Morgan fingerprint density at radius 3 is 2.46 bits per heavy atom. The van der Waals surface area contributed by atoms with Crippen molar-refractivity contribution < 1.29 is 40.6 Å². The number of nitrogens with zero attached hydrogens (tertiary/aromatic N) is 3. The normalized spacial score (nSPS) is 21.0. The number of hydrogen-bond donors (Lipinski definition) is 0. The third-order valence-electron chi connectivity index (χ3n) is 5.34. The molecule has 0 aliphatic carbocycles. The molecule has 0 N–H and O–H groups in total. The molecular weight excluding hydrogens is 491 g/mol. The minimum atomic E-state index is -4.71. The van der Waals surface area contributed by atoms with Gasteiger partial charge in [-0.25, -0.2) is 18.2 Å². The Kier molecular flexibility index (Phi) is 8.53. The Labute approximate surface area is 203 Å². The number of rotatable bonds is 6. The molecule has 35 heavy (non-hydrogen) atoms. The van der Waals surface area contributed by atoms with Crippen LogP contribution >= 0.6 is 0 Å². The molecule has 3 heterocycles. The van der Waals surface area contributed by atoms with Crippen LogP contribution in [0, 0.1) is 0 Å². The van der Waals surface area contributed by atoms with Crippen LogP contribution in [0.1, 0.15) is 45.7 Å². The summed E-state index contributed by atoms with van der Waals surface area (Å²) in [5.74, 6) is -0.416. The number of alkyl halides is 3. The largest absolute Gasteiger partial charge is 0.443 e. The Hall–Kier alpha value is -2.12. The number of amides is 1. The summed E-state index contributed by atoms with van der Waals surface area (Å²) in [5, 5.41) is 0. The summed E-state index contributed by atoms with van der Waals surface area (Å²) in [6.07, 6.45) is -3.80. The number of halogens is 3. The number of carbonyl (C=O) groups is 1. The first-order chi connectivity index (χ1) is 16.2. The van der Waals surface area contributed by atoms with Crippen LogP contribution in [0.3, 0.4) is 0 Å². The fourth-order valence-electron chi connectivity index (χ4n) is 3.68. The van der Waals surface area contributed by atoms with Gasteiger partial charge in [-0.05, 0) is 46.1 Å². The Morgan fingerprint density at radius 2 is 1.89 bits per heavy atom. The molecule has 198 valence electrons. The first-order valence-electron chi connectivity index (χ1n) is 11.5. The lowest BCUT2D eigenvalue weighted by Gasteiger charge is -2.31. The van der Waals surface area contributed by atoms with E-state index in [1.165, 1.54) is 6.07 Å². The smallest absolute Gasteiger partial charge is 0.416 e. The van der Waals surface area contributed by atoms with Crippen LogP contribution in [0.15, 0.2) is 12.1 Å². The van der Waals surface area contributed by atoms with Crippen LogP contribution in [0.2, 0.25) is 0 Å². The minimum Gasteiger partial charge on any atom is -0.443 e. The number of ether oxygens (including phenoxy) is 3. The molecule has 1 unspecified atom stereocenters. The molecule has 0 radical (unpaired) electrons. The third-order valence-corrected chi connectivity index (χ3v) is 6.95. The van der Waals surface area contributed by atoms with E-state index < -0.39 is 40.5 Å². The summed E-state index contributed by atoms with van der Waals surface area (Å²) in [6, 6.07) is 2.97. The second kappa shape index (κ2) is 10.9. The molecule has 1 aromatic heterocycles. The molecule has 0 spiro atoms. The molecule has 0 bridgehead atoms. The van der Waals surface area contributed by atoms with Crippen LogP contribution in [-0.2, 0) is 30.7 Å². The Bertz CT molecular complexity index is 977. The van der Waals surface area contributed by atoms with Gasteiger partial charge in [0.25, 0.3) is 0 Å². The van der Waals surface area contributed by atoms with E-state index in [0.717, 1.165) is 12.8 Å². The minimum absolute atomic E-state index is 0.0498. The van der Waals surface area contributed by atoms with Gasteiger partial charge in [0.15, 0.2) is 16.1 Å². The molecule has 0 saturated carbocycles. The van der Waals surface area contributed by atoms with Crippen molar-refractivity contribution in [1.29, 1.82) is 0 Å². The van der Waals surface area contributed by atoms with Crippen molar-refractivity contribution >= 4 is 27.4 Å². The zero-order chi connectivity index (χ0) is 25.9. The lowest BCUT2D eigenvalue weighted by atomic mass is 10.2. The lowest BCUT2D eigenvalue weighted by molar-refractivity contribution is -0.169. The third kappa shape index (κ3) is 8.80. The maximum atomic E-state index is 13.4. The van der Waals surface area contributed by atoms with Gasteiger partial charge in [-0.15, -0.1) is 0 Å². The standard InChI is InChI=1S/C22H32F3N3O6S/c1-21(2,3)34-20(29)28(15-22(23,24)25)18-13-17(27-7-10-35(30,31)11-8-27)12-16(26-18)14-33-19-6-4-5-9-32-19/h12-13,19H,4-11,14-15H2,1-3H3. The molecule has 1 aromatic rings. The van der Waals surface area contributed by atoms with Gasteiger partial charge in [0.05, 0.1) is 23.8 Å². The Morgan fingerprint density at radius 1 is 1.20 bits per heavy atom. The summed E-state index contributed by atoms with van der Waals surface area (Å²) in [7, 11) is -3.17. The molecule has 2 aliphatic heterocycles. The average Bonchev–Trinajstić information content (AvgIpc) is 2.75. The molecule has 2 saturated heterocycles. The van der Waals surface area contributed by atoms with E-state index in [2.05, 4.69) is 4.98 Å². The number of sulfone groups is 1. The number of aromatic nitrogens is 1.